The lowest BCUT2D eigenvalue weighted by atomic mass is 10.0. The topological polar surface area (TPSA) is 116 Å². The van der Waals surface area contributed by atoms with Gasteiger partial charge < -0.3 is 25.1 Å². The third kappa shape index (κ3) is 32.0. The molecule has 0 aliphatic carbocycles. The highest BCUT2D eigenvalue weighted by atomic mass is 16.5. The van der Waals surface area contributed by atoms with E-state index in [1.807, 2.05) is 0 Å². The van der Waals surface area contributed by atoms with Gasteiger partial charge >= 0.3 is 0 Å². The number of H-pyrrole nitrogens is 1. The van der Waals surface area contributed by atoms with Crippen molar-refractivity contribution in [1.29, 1.82) is 0 Å². The van der Waals surface area contributed by atoms with Crippen LogP contribution in [0.1, 0.15) is 194 Å². The van der Waals surface area contributed by atoms with E-state index in [-0.39, 0.29) is 5.91 Å². The molecule has 1 fully saturated rings. The SMILES string of the molecule is CC(C)CCCCCCCCCCCCCCC(=O)NCCCN1CCOCC1.CC(O)C(=O)[O-].CCCCCCCCCCCCc1[nH+]ccc2ccccc12. The molecule has 57 heavy (non-hydrogen) atoms. The van der Waals surface area contributed by atoms with E-state index in [1.165, 1.54) is 164 Å². The van der Waals surface area contributed by atoms with Crippen molar-refractivity contribution in [3.63, 3.8) is 0 Å². The lowest BCUT2D eigenvalue weighted by Gasteiger charge is -2.26. The van der Waals surface area contributed by atoms with Gasteiger partial charge in [-0.2, -0.15) is 0 Å². The maximum Gasteiger partial charge on any atom is 0.219 e. The number of aromatic nitrogens is 1. The first-order valence-corrected chi connectivity index (χ1v) is 23.6. The molecule has 1 aliphatic heterocycles. The number of nitrogens with one attached hydrogen (secondary N) is 2. The number of carbonyl (C=O) groups excluding carboxylic acids is 2. The Kier molecular flexibility index (Phi) is 34.7. The van der Waals surface area contributed by atoms with Crippen LogP contribution < -0.4 is 15.4 Å². The standard InChI is InChI=1S/C25H50N2O2.C21H31N.C3H6O3/c1-24(2)16-13-11-9-7-5-3-4-6-8-10-12-14-17-25(28)26-18-15-19-27-20-22-29-23-21-27;1-2-3-4-5-6-7-8-9-10-11-16-21-20-15-13-12-14-19(20)17-18-22-21;1-2(4)3(5)6/h24H,3-23H2,1-2H3,(H,26,28);12-15,17-18H,2-11,16H2,1H3;2,4H,1H3,(H,5,6). The first-order chi connectivity index (χ1) is 27.7. The van der Waals surface area contributed by atoms with Gasteiger partial charge in [-0.25, -0.2) is 4.98 Å². The fourth-order valence-corrected chi connectivity index (χ4v) is 7.27. The van der Waals surface area contributed by atoms with Crippen LogP contribution in [0.4, 0.5) is 0 Å². The number of hydrogen-bond acceptors (Lipinski definition) is 6. The highest BCUT2D eigenvalue weighted by molar-refractivity contribution is 5.83. The summed E-state index contributed by atoms with van der Waals surface area (Å²) in [6.45, 7) is 13.7. The number of benzene rings is 1. The first kappa shape index (κ1) is 52.5. The number of rotatable bonds is 31. The zero-order valence-electron chi connectivity index (χ0n) is 37.3. The van der Waals surface area contributed by atoms with Crippen molar-refractivity contribution in [1.82, 2.24) is 10.2 Å². The smallest absolute Gasteiger partial charge is 0.219 e. The van der Waals surface area contributed by atoms with E-state index in [1.54, 1.807) is 0 Å². The van der Waals surface area contributed by atoms with Crippen LogP contribution in [0.15, 0.2) is 36.5 Å². The Labute approximate surface area is 349 Å². The van der Waals surface area contributed by atoms with Gasteiger partial charge in [0.1, 0.15) is 0 Å². The molecule has 8 heteroatoms. The van der Waals surface area contributed by atoms with E-state index < -0.39 is 12.1 Å². The number of morpholine rings is 1. The summed E-state index contributed by atoms with van der Waals surface area (Å²) in [5.41, 5.74) is 1.40. The van der Waals surface area contributed by atoms with Crippen molar-refractivity contribution in [2.45, 2.75) is 201 Å². The number of aliphatic hydroxyl groups is 1. The molecule has 0 radical (unpaired) electrons. The normalized spacial score (nSPS) is 13.4. The van der Waals surface area contributed by atoms with Crippen molar-refractivity contribution in [3.8, 4) is 0 Å². The molecule has 1 saturated heterocycles. The highest BCUT2D eigenvalue weighted by Crippen LogP contribution is 2.18. The highest BCUT2D eigenvalue weighted by Gasteiger charge is 2.10. The first-order valence-electron chi connectivity index (χ1n) is 23.6. The average Bonchev–Trinajstić information content (AvgIpc) is 3.21. The minimum atomic E-state index is -1.44. The molecular formula is C49H87N3O5. The molecule has 3 N–H and O–H groups in total. The van der Waals surface area contributed by atoms with Crippen LogP contribution in [-0.4, -0.2) is 67.4 Å². The zero-order valence-corrected chi connectivity index (χ0v) is 37.3. The van der Waals surface area contributed by atoms with Crippen LogP contribution in [0.25, 0.3) is 10.8 Å². The summed E-state index contributed by atoms with van der Waals surface area (Å²) in [4.78, 5) is 27.1. The number of amides is 1. The molecule has 0 saturated carbocycles. The molecular weight excluding hydrogens is 711 g/mol. The third-order valence-corrected chi connectivity index (χ3v) is 10.9. The Morgan fingerprint density at radius 1 is 0.737 bits per heavy atom. The van der Waals surface area contributed by atoms with Crippen molar-refractivity contribution in [2.75, 3.05) is 39.4 Å². The Hall–Kier alpha value is -2.55. The van der Waals surface area contributed by atoms with Crippen LogP contribution >= 0.6 is 0 Å². The van der Waals surface area contributed by atoms with E-state index >= 15 is 0 Å². The quantitative estimate of drug-likeness (QED) is 0.0734. The summed E-state index contributed by atoms with van der Waals surface area (Å²) in [6, 6.07) is 10.9. The van der Waals surface area contributed by atoms with E-state index in [9.17, 15) is 14.7 Å². The molecule has 0 spiro atoms. The van der Waals surface area contributed by atoms with Gasteiger partial charge in [-0.05, 0) is 50.1 Å². The number of aliphatic carboxylic acids is 1. The minimum Gasteiger partial charge on any atom is -0.547 e. The van der Waals surface area contributed by atoms with Crippen LogP contribution in [0.3, 0.4) is 0 Å². The van der Waals surface area contributed by atoms with Gasteiger partial charge in [0, 0.05) is 43.9 Å². The van der Waals surface area contributed by atoms with E-state index in [0.717, 1.165) is 65.1 Å². The summed E-state index contributed by atoms with van der Waals surface area (Å²) >= 11 is 0. The summed E-state index contributed by atoms with van der Waals surface area (Å²) in [6.07, 6.45) is 35.3. The molecule has 8 nitrogen and oxygen atoms in total. The number of nitrogens with zero attached hydrogens (tertiary/aromatic N) is 1. The van der Waals surface area contributed by atoms with Crippen LogP contribution in [0.2, 0.25) is 0 Å². The van der Waals surface area contributed by atoms with E-state index in [0.29, 0.717) is 6.42 Å². The second-order valence-electron chi connectivity index (χ2n) is 16.8. The number of aryl methyl sites for hydroxylation is 1. The number of hydrogen-bond donors (Lipinski definition) is 2. The Bertz CT molecular complexity index is 1210. The minimum absolute atomic E-state index is 0.236. The molecule has 1 amide bonds. The Morgan fingerprint density at radius 2 is 1.25 bits per heavy atom. The van der Waals surface area contributed by atoms with Gasteiger partial charge in [-0.3, -0.25) is 9.69 Å². The van der Waals surface area contributed by atoms with Gasteiger partial charge in [0.15, 0.2) is 11.9 Å². The second kappa shape index (κ2) is 37.7. The maximum atomic E-state index is 11.9. The predicted octanol–water partition coefficient (Wildman–Crippen LogP) is 10.2. The van der Waals surface area contributed by atoms with Crippen LogP contribution in [0, 0.1) is 5.92 Å². The number of unbranched alkanes of at least 4 members (excludes halogenated alkanes) is 20. The number of aromatic amines is 1. The third-order valence-electron chi connectivity index (χ3n) is 10.9. The van der Waals surface area contributed by atoms with Gasteiger partial charge in [0.05, 0.1) is 25.3 Å². The number of carboxylic acid groups (broad SMARTS) is 1. The molecule has 3 rings (SSSR count). The fourth-order valence-electron chi connectivity index (χ4n) is 7.27. The van der Waals surface area contributed by atoms with Crippen molar-refractivity contribution in [3.05, 3.63) is 42.2 Å². The molecule has 2 aromatic rings. The lowest BCUT2D eigenvalue weighted by molar-refractivity contribution is -0.388. The maximum absolute atomic E-state index is 11.9. The molecule has 1 aromatic heterocycles. The summed E-state index contributed by atoms with van der Waals surface area (Å²) in [5.74, 6) is -0.328. The van der Waals surface area contributed by atoms with Gasteiger partial charge in [-0.15, -0.1) is 0 Å². The van der Waals surface area contributed by atoms with Crippen LogP contribution in [-0.2, 0) is 20.7 Å². The second-order valence-corrected chi connectivity index (χ2v) is 16.8. The molecule has 1 aromatic carbocycles. The average molecular weight is 798 g/mol. The largest absolute Gasteiger partial charge is 0.547 e. The monoisotopic (exact) mass is 798 g/mol. The van der Waals surface area contributed by atoms with Gasteiger partial charge in [0.2, 0.25) is 5.91 Å². The predicted molar refractivity (Wildman–Crippen MR) is 237 cm³/mol. The van der Waals surface area contributed by atoms with Gasteiger partial charge in [-0.1, -0.05) is 174 Å². The number of pyridine rings is 1. The molecule has 2 heterocycles. The number of carbonyl (C=O) groups is 2. The van der Waals surface area contributed by atoms with Crippen molar-refractivity contribution in [2.24, 2.45) is 5.92 Å². The molecule has 1 unspecified atom stereocenters. The van der Waals surface area contributed by atoms with Crippen molar-refractivity contribution >= 4 is 22.6 Å². The number of fused-ring (bicyclic) bond motifs is 1. The lowest BCUT2D eigenvalue weighted by Crippen LogP contribution is -2.38. The van der Waals surface area contributed by atoms with E-state index in [2.05, 4.69) is 72.5 Å². The van der Waals surface area contributed by atoms with Gasteiger partial charge in [0.25, 0.3) is 0 Å². The fraction of sp³-hybridized carbons (Fsp3) is 0.776. The Morgan fingerprint density at radius 3 is 1.79 bits per heavy atom. The Balaban J connectivity index is 0.000000510. The van der Waals surface area contributed by atoms with Crippen LogP contribution in [0.5, 0.6) is 0 Å². The summed E-state index contributed by atoms with van der Waals surface area (Å²) < 4.78 is 5.35. The number of aliphatic hydroxyl groups excluding tert-OH is 1. The molecule has 1 aliphatic rings. The summed E-state index contributed by atoms with van der Waals surface area (Å²) in [5, 5.41) is 23.1. The van der Waals surface area contributed by atoms with Crippen molar-refractivity contribution < 1.29 is 29.5 Å². The summed E-state index contributed by atoms with van der Waals surface area (Å²) in [7, 11) is 0. The van der Waals surface area contributed by atoms with E-state index in [4.69, 9.17) is 9.84 Å². The molecule has 0 bridgehead atoms. The zero-order chi connectivity index (χ0) is 41.6. The molecule has 1 atom stereocenters. The molecule has 328 valence electrons. The number of carboxylic acids is 1. The number of ether oxygens (including phenoxy) is 1.